The van der Waals surface area contributed by atoms with Crippen molar-refractivity contribution in [3.05, 3.63) is 39.6 Å². The van der Waals surface area contributed by atoms with Gasteiger partial charge in [0, 0.05) is 3.57 Å². The highest BCUT2D eigenvalue weighted by molar-refractivity contribution is 14.1. The fourth-order valence-electron chi connectivity index (χ4n) is 1.53. The summed E-state index contributed by atoms with van der Waals surface area (Å²) in [6.07, 6.45) is 1.44. The van der Waals surface area contributed by atoms with Crippen LogP contribution in [-0.4, -0.2) is 30.1 Å². The average molecular weight is 385 g/mol. The van der Waals surface area contributed by atoms with E-state index in [-0.39, 0.29) is 17.8 Å². The van der Waals surface area contributed by atoms with Crippen molar-refractivity contribution >= 4 is 34.2 Å². The van der Waals surface area contributed by atoms with Crippen molar-refractivity contribution < 1.29 is 14.3 Å². The van der Waals surface area contributed by atoms with Crippen LogP contribution in [0.5, 0.6) is 11.9 Å². The maximum absolute atomic E-state index is 12.2. The predicted molar refractivity (Wildman–Crippen MR) is 82.2 cm³/mol. The lowest BCUT2D eigenvalue weighted by Gasteiger charge is -2.10. The number of amides is 1. The van der Waals surface area contributed by atoms with Crippen LogP contribution in [0.15, 0.2) is 30.5 Å². The SMILES string of the molecule is COc1ncc(NC(=O)c2ccccc2I)c(OC)n1. The Morgan fingerprint density at radius 3 is 2.65 bits per heavy atom. The number of rotatable bonds is 4. The molecule has 0 atom stereocenters. The van der Waals surface area contributed by atoms with Crippen molar-refractivity contribution in [3.8, 4) is 11.9 Å². The summed E-state index contributed by atoms with van der Waals surface area (Å²) in [5, 5.41) is 2.72. The van der Waals surface area contributed by atoms with Gasteiger partial charge in [-0.05, 0) is 34.7 Å². The van der Waals surface area contributed by atoms with Crippen LogP contribution in [0.4, 0.5) is 5.69 Å². The number of benzene rings is 1. The molecule has 0 spiro atoms. The van der Waals surface area contributed by atoms with Crippen LogP contribution < -0.4 is 14.8 Å². The molecule has 1 amide bonds. The van der Waals surface area contributed by atoms with Gasteiger partial charge in [0.05, 0.1) is 26.0 Å². The summed E-state index contributed by atoms with van der Waals surface area (Å²) in [7, 11) is 2.92. The molecule has 1 aromatic carbocycles. The Kier molecular flexibility index (Phi) is 4.72. The first-order valence-corrected chi connectivity index (χ1v) is 6.74. The van der Waals surface area contributed by atoms with E-state index in [4.69, 9.17) is 9.47 Å². The van der Waals surface area contributed by atoms with E-state index in [1.165, 1.54) is 20.4 Å². The van der Waals surface area contributed by atoms with Crippen LogP contribution >= 0.6 is 22.6 Å². The lowest BCUT2D eigenvalue weighted by molar-refractivity contribution is 0.102. The number of carbonyl (C=O) groups is 1. The molecule has 6 nitrogen and oxygen atoms in total. The molecule has 2 aromatic rings. The third kappa shape index (κ3) is 3.16. The molecular formula is C13H12IN3O3. The largest absolute Gasteiger partial charge is 0.479 e. The second-order valence-corrected chi connectivity index (χ2v) is 4.88. The van der Waals surface area contributed by atoms with Gasteiger partial charge in [-0.25, -0.2) is 4.98 Å². The zero-order valence-electron chi connectivity index (χ0n) is 10.9. The van der Waals surface area contributed by atoms with Gasteiger partial charge < -0.3 is 14.8 Å². The van der Waals surface area contributed by atoms with E-state index in [9.17, 15) is 4.79 Å². The molecule has 0 fully saturated rings. The molecule has 0 aliphatic rings. The number of aromatic nitrogens is 2. The number of carbonyl (C=O) groups excluding carboxylic acids is 1. The second kappa shape index (κ2) is 6.51. The Balaban J connectivity index is 2.26. The number of hydrogen-bond acceptors (Lipinski definition) is 5. The molecule has 0 bridgehead atoms. The van der Waals surface area contributed by atoms with Crippen molar-refractivity contribution in [2.45, 2.75) is 0 Å². The minimum Gasteiger partial charge on any atom is -0.479 e. The van der Waals surface area contributed by atoms with Gasteiger partial charge in [0.25, 0.3) is 5.91 Å². The molecule has 0 aliphatic carbocycles. The van der Waals surface area contributed by atoms with Crippen molar-refractivity contribution in [2.75, 3.05) is 19.5 Å². The minimum atomic E-state index is -0.248. The third-order valence-electron chi connectivity index (χ3n) is 2.47. The summed E-state index contributed by atoms with van der Waals surface area (Å²) >= 11 is 2.10. The Morgan fingerprint density at radius 2 is 2.00 bits per heavy atom. The number of nitrogens with zero attached hydrogens (tertiary/aromatic N) is 2. The summed E-state index contributed by atoms with van der Waals surface area (Å²) in [5.74, 6) is -0.00166. The molecule has 0 saturated heterocycles. The van der Waals surface area contributed by atoms with Crippen molar-refractivity contribution in [1.82, 2.24) is 9.97 Å². The summed E-state index contributed by atoms with van der Waals surface area (Å²) in [4.78, 5) is 20.2. The molecular weight excluding hydrogens is 373 g/mol. The number of ether oxygens (including phenoxy) is 2. The van der Waals surface area contributed by atoms with Gasteiger partial charge in [-0.1, -0.05) is 12.1 Å². The first kappa shape index (κ1) is 14.5. The van der Waals surface area contributed by atoms with Gasteiger partial charge in [0.1, 0.15) is 5.69 Å². The molecule has 1 heterocycles. The van der Waals surface area contributed by atoms with E-state index in [1.807, 2.05) is 12.1 Å². The van der Waals surface area contributed by atoms with Crippen LogP contribution in [-0.2, 0) is 0 Å². The Hall–Kier alpha value is -1.90. The number of hydrogen-bond donors (Lipinski definition) is 1. The summed E-state index contributed by atoms with van der Waals surface area (Å²) in [6.45, 7) is 0. The zero-order valence-corrected chi connectivity index (χ0v) is 13.0. The molecule has 2 rings (SSSR count). The van der Waals surface area contributed by atoms with Gasteiger partial charge in [-0.2, -0.15) is 4.98 Å². The first-order valence-electron chi connectivity index (χ1n) is 5.66. The van der Waals surface area contributed by atoms with Gasteiger partial charge in [0.2, 0.25) is 5.88 Å². The van der Waals surface area contributed by atoms with E-state index in [2.05, 4.69) is 37.9 Å². The fourth-order valence-corrected chi connectivity index (χ4v) is 2.16. The van der Waals surface area contributed by atoms with Gasteiger partial charge in [0.15, 0.2) is 0 Å². The van der Waals surface area contributed by atoms with Crippen LogP contribution in [0.2, 0.25) is 0 Å². The number of halogens is 1. The molecule has 104 valence electrons. The molecule has 7 heteroatoms. The van der Waals surface area contributed by atoms with Crippen LogP contribution in [0.25, 0.3) is 0 Å². The predicted octanol–water partition coefficient (Wildman–Crippen LogP) is 2.35. The van der Waals surface area contributed by atoms with Crippen molar-refractivity contribution in [3.63, 3.8) is 0 Å². The van der Waals surface area contributed by atoms with Crippen molar-refractivity contribution in [2.24, 2.45) is 0 Å². The number of methoxy groups -OCH3 is 2. The highest BCUT2D eigenvalue weighted by Crippen LogP contribution is 2.23. The van der Waals surface area contributed by atoms with Gasteiger partial charge in [-0.15, -0.1) is 0 Å². The van der Waals surface area contributed by atoms with E-state index < -0.39 is 0 Å². The van der Waals surface area contributed by atoms with E-state index in [0.29, 0.717) is 11.3 Å². The maximum Gasteiger partial charge on any atom is 0.319 e. The molecule has 1 N–H and O–H groups in total. The summed E-state index contributed by atoms with van der Waals surface area (Å²) in [6, 6.07) is 7.45. The third-order valence-corrected chi connectivity index (χ3v) is 3.41. The smallest absolute Gasteiger partial charge is 0.319 e. The molecule has 0 saturated carbocycles. The lowest BCUT2D eigenvalue weighted by Crippen LogP contribution is -2.14. The number of anilines is 1. The van der Waals surface area contributed by atoms with E-state index in [0.717, 1.165) is 3.57 Å². The Labute approximate surface area is 129 Å². The maximum atomic E-state index is 12.2. The fraction of sp³-hybridized carbons (Fsp3) is 0.154. The van der Waals surface area contributed by atoms with Crippen LogP contribution in [0, 0.1) is 3.57 Å². The summed E-state index contributed by atoms with van der Waals surface area (Å²) < 4.78 is 10.9. The lowest BCUT2D eigenvalue weighted by atomic mass is 10.2. The van der Waals surface area contributed by atoms with E-state index in [1.54, 1.807) is 12.1 Å². The standard InChI is InChI=1S/C13H12IN3O3/c1-19-12-10(7-15-13(17-12)20-2)16-11(18)8-5-3-4-6-9(8)14/h3-7H,1-2H3,(H,16,18). The molecule has 0 unspecified atom stereocenters. The minimum absolute atomic E-state index is 0.175. The Morgan fingerprint density at radius 1 is 1.25 bits per heavy atom. The van der Waals surface area contributed by atoms with Crippen molar-refractivity contribution in [1.29, 1.82) is 0 Å². The monoisotopic (exact) mass is 385 g/mol. The summed E-state index contributed by atoms with van der Waals surface area (Å²) in [5.41, 5.74) is 0.962. The topological polar surface area (TPSA) is 73.3 Å². The highest BCUT2D eigenvalue weighted by atomic mass is 127. The average Bonchev–Trinajstić information content (AvgIpc) is 2.48. The van der Waals surface area contributed by atoms with E-state index >= 15 is 0 Å². The normalized spacial score (nSPS) is 9.95. The Bertz CT molecular complexity index is 634. The molecule has 20 heavy (non-hydrogen) atoms. The highest BCUT2D eigenvalue weighted by Gasteiger charge is 2.14. The van der Waals surface area contributed by atoms with Crippen LogP contribution in [0.1, 0.15) is 10.4 Å². The molecule has 1 aromatic heterocycles. The quantitative estimate of drug-likeness (QED) is 0.819. The molecule has 0 aliphatic heterocycles. The molecule has 0 radical (unpaired) electrons. The first-order chi connectivity index (χ1) is 9.65. The second-order valence-electron chi connectivity index (χ2n) is 3.71. The zero-order chi connectivity index (χ0) is 14.5. The van der Waals surface area contributed by atoms with Gasteiger partial charge >= 0.3 is 6.01 Å². The number of nitrogens with one attached hydrogen (secondary N) is 1. The van der Waals surface area contributed by atoms with Crippen LogP contribution in [0.3, 0.4) is 0 Å². The van der Waals surface area contributed by atoms with Gasteiger partial charge in [-0.3, -0.25) is 4.79 Å².